The van der Waals surface area contributed by atoms with Gasteiger partial charge >= 0.3 is 11.8 Å². The Labute approximate surface area is 128 Å². The molecule has 2 amide bonds. The first-order valence-corrected chi connectivity index (χ1v) is 8.18. The largest absolute Gasteiger partial charge is 0.334 e. The van der Waals surface area contributed by atoms with Crippen LogP contribution in [0.25, 0.3) is 0 Å². The highest BCUT2D eigenvalue weighted by molar-refractivity contribution is 6.34. The van der Waals surface area contributed by atoms with Gasteiger partial charge in [0.25, 0.3) is 0 Å². The predicted molar refractivity (Wildman–Crippen MR) is 82.8 cm³/mol. The average Bonchev–Trinajstić information content (AvgIpc) is 2.74. The highest BCUT2D eigenvalue weighted by atomic mass is 16.2. The van der Waals surface area contributed by atoms with Gasteiger partial charge in [-0.2, -0.15) is 0 Å². The van der Waals surface area contributed by atoms with Crippen molar-refractivity contribution in [3.05, 3.63) is 0 Å². The molecule has 0 aliphatic carbocycles. The van der Waals surface area contributed by atoms with Crippen LogP contribution in [0.1, 0.15) is 40.0 Å². The zero-order chi connectivity index (χ0) is 15.5. The molecule has 0 unspecified atom stereocenters. The molecule has 0 radical (unpaired) electrons. The molecule has 0 aromatic rings. The van der Waals surface area contributed by atoms with Crippen LogP contribution >= 0.6 is 0 Å². The lowest BCUT2D eigenvalue weighted by molar-refractivity contribution is -0.152. The number of hydrogen-bond acceptors (Lipinski definition) is 3. The smallest absolute Gasteiger partial charge is 0.312 e. The van der Waals surface area contributed by atoms with E-state index in [2.05, 4.69) is 26.1 Å². The minimum atomic E-state index is -0.312. The molecule has 5 nitrogen and oxygen atoms in total. The van der Waals surface area contributed by atoms with Gasteiger partial charge in [0.2, 0.25) is 0 Å². The first-order valence-electron chi connectivity index (χ1n) is 8.18. The molecular formula is C16H29N3O2. The van der Waals surface area contributed by atoms with Crippen molar-refractivity contribution in [3.8, 4) is 0 Å². The second-order valence-corrected chi connectivity index (χ2v) is 7.33. The number of piperidine rings is 1. The minimum Gasteiger partial charge on any atom is -0.334 e. The van der Waals surface area contributed by atoms with Crippen molar-refractivity contribution in [3.63, 3.8) is 0 Å². The van der Waals surface area contributed by atoms with Crippen molar-refractivity contribution in [2.45, 2.75) is 40.0 Å². The Balaban J connectivity index is 1.87. The Bertz CT molecular complexity index is 373. The van der Waals surface area contributed by atoms with Crippen molar-refractivity contribution in [2.24, 2.45) is 11.3 Å². The maximum Gasteiger partial charge on any atom is 0.312 e. The maximum atomic E-state index is 12.4. The van der Waals surface area contributed by atoms with Crippen molar-refractivity contribution in [2.75, 3.05) is 39.3 Å². The molecule has 0 aromatic carbocycles. The fourth-order valence-corrected chi connectivity index (χ4v) is 3.27. The molecule has 5 heteroatoms. The molecule has 2 saturated heterocycles. The molecule has 2 aliphatic rings. The van der Waals surface area contributed by atoms with Gasteiger partial charge in [-0.3, -0.25) is 9.59 Å². The van der Waals surface area contributed by atoms with Gasteiger partial charge in [-0.05, 0) is 37.1 Å². The zero-order valence-corrected chi connectivity index (χ0v) is 13.7. The van der Waals surface area contributed by atoms with Crippen LogP contribution in [0.15, 0.2) is 0 Å². The van der Waals surface area contributed by atoms with Gasteiger partial charge in [0.15, 0.2) is 0 Å². The standard InChI is InChI=1S/C16H29N3O2/c1-16(2,3)13-5-10-19(11-6-13)15(21)14(20)18-9-4-7-17-8-12-18/h13,17H,4-12H2,1-3H3. The summed E-state index contributed by atoms with van der Waals surface area (Å²) in [6, 6.07) is 0. The third-order valence-corrected chi connectivity index (χ3v) is 4.82. The third kappa shape index (κ3) is 4.19. The topological polar surface area (TPSA) is 52.7 Å². The summed E-state index contributed by atoms with van der Waals surface area (Å²) < 4.78 is 0. The summed E-state index contributed by atoms with van der Waals surface area (Å²) in [5.41, 5.74) is 0.287. The van der Waals surface area contributed by atoms with Gasteiger partial charge in [0, 0.05) is 32.7 Å². The monoisotopic (exact) mass is 295 g/mol. The number of hydrogen-bond donors (Lipinski definition) is 1. The summed E-state index contributed by atoms with van der Waals surface area (Å²) in [4.78, 5) is 28.2. The number of carbonyl (C=O) groups is 2. The molecule has 2 rings (SSSR count). The number of nitrogens with one attached hydrogen (secondary N) is 1. The van der Waals surface area contributed by atoms with Gasteiger partial charge in [0.05, 0.1) is 0 Å². The first-order chi connectivity index (χ1) is 9.89. The summed E-state index contributed by atoms with van der Waals surface area (Å²) in [6.07, 6.45) is 2.93. The SMILES string of the molecule is CC(C)(C)C1CCN(C(=O)C(=O)N2CCCNCC2)CC1. The van der Waals surface area contributed by atoms with Crippen molar-refractivity contribution in [1.82, 2.24) is 15.1 Å². The number of nitrogens with zero attached hydrogens (tertiary/aromatic N) is 2. The Morgan fingerprint density at radius 2 is 1.48 bits per heavy atom. The summed E-state index contributed by atoms with van der Waals surface area (Å²) in [5.74, 6) is 0.0243. The van der Waals surface area contributed by atoms with Crippen molar-refractivity contribution >= 4 is 11.8 Å². The van der Waals surface area contributed by atoms with Gasteiger partial charge in [-0.1, -0.05) is 20.8 Å². The molecule has 0 atom stereocenters. The van der Waals surface area contributed by atoms with E-state index in [1.165, 1.54) is 0 Å². The molecule has 21 heavy (non-hydrogen) atoms. The molecule has 120 valence electrons. The van der Waals surface area contributed by atoms with E-state index in [1.54, 1.807) is 9.80 Å². The second-order valence-electron chi connectivity index (χ2n) is 7.33. The van der Waals surface area contributed by atoms with Crippen LogP contribution < -0.4 is 5.32 Å². The molecule has 0 bridgehead atoms. The van der Waals surface area contributed by atoms with Crippen LogP contribution in [-0.4, -0.2) is 60.9 Å². The average molecular weight is 295 g/mol. The zero-order valence-electron chi connectivity index (χ0n) is 13.7. The van der Waals surface area contributed by atoms with Crippen LogP contribution in [0.2, 0.25) is 0 Å². The third-order valence-electron chi connectivity index (χ3n) is 4.82. The maximum absolute atomic E-state index is 12.4. The van der Waals surface area contributed by atoms with Gasteiger partial charge in [0.1, 0.15) is 0 Å². The Kier molecular flexibility index (Phi) is 5.25. The Morgan fingerprint density at radius 1 is 0.905 bits per heavy atom. The van der Waals surface area contributed by atoms with E-state index >= 15 is 0 Å². The van der Waals surface area contributed by atoms with E-state index < -0.39 is 0 Å². The van der Waals surface area contributed by atoms with Crippen LogP contribution in [0.5, 0.6) is 0 Å². The minimum absolute atomic E-state index is 0.287. The summed E-state index contributed by atoms with van der Waals surface area (Å²) in [7, 11) is 0. The van der Waals surface area contributed by atoms with Crippen LogP contribution in [0.4, 0.5) is 0 Å². The number of amides is 2. The number of likely N-dealkylation sites (tertiary alicyclic amines) is 1. The van der Waals surface area contributed by atoms with Gasteiger partial charge in [-0.15, -0.1) is 0 Å². The lowest BCUT2D eigenvalue weighted by atomic mass is 9.75. The van der Waals surface area contributed by atoms with Crippen molar-refractivity contribution < 1.29 is 9.59 Å². The fourth-order valence-electron chi connectivity index (χ4n) is 3.27. The predicted octanol–water partition coefficient (Wildman–Crippen LogP) is 1.09. The molecule has 0 aromatic heterocycles. The molecular weight excluding hydrogens is 266 g/mol. The first kappa shape index (κ1) is 16.3. The van der Waals surface area contributed by atoms with Crippen LogP contribution in [-0.2, 0) is 9.59 Å². The van der Waals surface area contributed by atoms with E-state index in [0.717, 1.165) is 45.4 Å². The Morgan fingerprint density at radius 3 is 2.05 bits per heavy atom. The normalized spacial score (nSPS) is 22.0. The fraction of sp³-hybridized carbons (Fsp3) is 0.875. The lowest BCUT2D eigenvalue weighted by Crippen LogP contribution is -2.49. The lowest BCUT2D eigenvalue weighted by Gasteiger charge is -2.38. The van der Waals surface area contributed by atoms with Crippen molar-refractivity contribution in [1.29, 1.82) is 0 Å². The molecule has 2 fully saturated rings. The Hall–Kier alpha value is -1.10. The molecule has 2 aliphatic heterocycles. The summed E-state index contributed by atoms with van der Waals surface area (Å²) in [6.45, 7) is 11.2. The molecule has 1 N–H and O–H groups in total. The molecule has 2 heterocycles. The van der Waals surface area contributed by atoms with E-state index in [9.17, 15) is 9.59 Å². The highest BCUT2D eigenvalue weighted by Gasteiger charge is 2.33. The van der Waals surface area contributed by atoms with E-state index in [4.69, 9.17) is 0 Å². The number of carbonyl (C=O) groups excluding carboxylic acids is 2. The summed E-state index contributed by atoms with van der Waals surface area (Å²) in [5, 5.41) is 3.25. The quantitative estimate of drug-likeness (QED) is 0.681. The van der Waals surface area contributed by atoms with Gasteiger partial charge < -0.3 is 15.1 Å². The van der Waals surface area contributed by atoms with E-state index in [1.807, 2.05) is 0 Å². The molecule has 0 spiro atoms. The van der Waals surface area contributed by atoms with Crippen LogP contribution in [0.3, 0.4) is 0 Å². The second kappa shape index (κ2) is 6.77. The highest BCUT2D eigenvalue weighted by Crippen LogP contribution is 2.34. The van der Waals surface area contributed by atoms with Gasteiger partial charge in [-0.25, -0.2) is 0 Å². The molecule has 0 saturated carbocycles. The summed E-state index contributed by atoms with van der Waals surface area (Å²) >= 11 is 0. The van der Waals surface area contributed by atoms with E-state index in [-0.39, 0.29) is 17.2 Å². The van der Waals surface area contributed by atoms with Crippen LogP contribution in [0, 0.1) is 11.3 Å². The number of rotatable bonds is 0. The van der Waals surface area contributed by atoms with E-state index in [0.29, 0.717) is 19.0 Å².